The molecule has 6 heteroatoms. The zero-order valence-electron chi connectivity index (χ0n) is 13.6. The van der Waals surface area contributed by atoms with Crippen LogP contribution in [0.3, 0.4) is 0 Å². The standard InChI is InChI=1S/C17H23N3O2S/c1-13(17(20(2)3)14-7-5-4-6-8-14)19-23(21,22)16-11-9-15(18)10-12-16/h4-13,17,19H,18H2,1-3H3/t13-,17-/m1/s1. The molecule has 0 fully saturated rings. The van der Waals surface area contributed by atoms with Gasteiger partial charge < -0.3 is 10.6 Å². The highest BCUT2D eigenvalue weighted by Crippen LogP contribution is 2.23. The molecule has 3 N–H and O–H groups in total. The molecule has 23 heavy (non-hydrogen) atoms. The highest BCUT2D eigenvalue weighted by atomic mass is 32.2. The molecule has 2 aromatic rings. The van der Waals surface area contributed by atoms with Gasteiger partial charge in [0.25, 0.3) is 0 Å². The van der Waals surface area contributed by atoms with Crippen molar-refractivity contribution in [2.75, 3.05) is 19.8 Å². The highest BCUT2D eigenvalue weighted by Gasteiger charge is 2.26. The van der Waals surface area contributed by atoms with Crippen LogP contribution in [0.1, 0.15) is 18.5 Å². The van der Waals surface area contributed by atoms with Gasteiger partial charge in [0.2, 0.25) is 10.0 Å². The van der Waals surface area contributed by atoms with E-state index in [1.165, 1.54) is 12.1 Å². The van der Waals surface area contributed by atoms with E-state index in [2.05, 4.69) is 4.72 Å². The fraction of sp³-hybridized carbons (Fsp3) is 0.294. The lowest BCUT2D eigenvalue weighted by atomic mass is 10.0. The lowest BCUT2D eigenvalue weighted by Crippen LogP contribution is -2.42. The molecule has 0 aromatic heterocycles. The number of benzene rings is 2. The first kappa shape index (κ1) is 17.5. The van der Waals surface area contributed by atoms with E-state index in [-0.39, 0.29) is 17.0 Å². The number of rotatable bonds is 6. The summed E-state index contributed by atoms with van der Waals surface area (Å²) in [6, 6.07) is 15.7. The molecule has 0 heterocycles. The van der Waals surface area contributed by atoms with Crippen LogP contribution in [0.2, 0.25) is 0 Å². The van der Waals surface area contributed by atoms with Gasteiger partial charge in [-0.2, -0.15) is 0 Å². The summed E-state index contributed by atoms with van der Waals surface area (Å²) in [4.78, 5) is 2.22. The number of nitrogens with two attached hydrogens (primary N) is 1. The van der Waals surface area contributed by atoms with E-state index in [9.17, 15) is 8.42 Å². The van der Waals surface area contributed by atoms with E-state index in [0.717, 1.165) is 5.56 Å². The summed E-state index contributed by atoms with van der Waals surface area (Å²) >= 11 is 0. The van der Waals surface area contributed by atoms with E-state index in [1.54, 1.807) is 12.1 Å². The van der Waals surface area contributed by atoms with Crippen molar-refractivity contribution in [1.82, 2.24) is 9.62 Å². The Kier molecular flexibility index (Phi) is 5.41. The summed E-state index contributed by atoms with van der Waals surface area (Å²) in [5.41, 5.74) is 7.21. The molecular weight excluding hydrogens is 310 g/mol. The predicted molar refractivity (Wildman–Crippen MR) is 93.5 cm³/mol. The Morgan fingerprint density at radius 2 is 1.57 bits per heavy atom. The maximum Gasteiger partial charge on any atom is 0.240 e. The lowest BCUT2D eigenvalue weighted by Gasteiger charge is -2.31. The van der Waals surface area contributed by atoms with Gasteiger partial charge in [-0.3, -0.25) is 0 Å². The molecule has 0 aliphatic heterocycles. The van der Waals surface area contributed by atoms with Gasteiger partial charge in [0.1, 0.15) is 0 Å². The minimum absolute atomic E-state index is 0.0697. The maximum atomic E-state index is 12.5. The molecule has 0 radical (unpaired) electrons. The quantitative estimate of drug-likeness (QED) is 0.795. The fourth-order valence-electron chi connectivity index (χ4n) is 2.71. The van der Waals surface area contributed by atoms with Crippen LogP contribution in [0.5, 0.6) is 0 Å². The average molecular weight is 333 g/mol. The molecule has 0 saturated heterocycles. The molecule has 5 nitrogen and oxygen atoms in total. The Morgan fingerprint density at radius 1 is 1.00 bits per heavy atom. The molecule has 0 amide bonds. The second kappa shape index (κ2) is 7.12. The number of hydrogen-bond acceptors (Lipinski definition) is 4. The predicted octanol–water partition coefficient (Wildman–Crippen LogP) is 2.24. The van der Waals surface area contributed by atoms with Crippen molar-refractivity contribution in [2.45, 2.75) is 23.9 Å². The lowest BCUT2D eigenvalue weighted by molar-refractivity contribution is 0.256. The molecule has 0 spiro atoms. The fourth-order valence-corrected chi connectivity index (χ4v) is 3.96. The number of nitrogens with zero attached hydrogens (tertiary/aromatic N) is 1. The van der Waals surface area contributed by atoms with Crippen molar-refractivity contribution >= 4 is 15.7 Å². The van der Waals surface area contributed by atoms with Gasteiger partial charge in [0.05, 0.1) is 10.9 Å². The second-order valence-electron chi connectivity index (χ2n) is 5.80. The maximum absolute atomic E-state index is 12.5. The zero-order valence-corrected chi connectivity index (χ0v) is 14.4. The average Bonchev–Trinajstić information content (AvgIpc) is 2.48. The van der Waals surface area contributed by atoms with Crippen molar-refractivity contribution < 1.29 is 8.42 Å². The molecule has 0 unspecified atom stereocenters. The Morgan fingerprint density at radius 3 is 2.09 bits per heavy atom. The Bertz CT molecular complexity index is 728. The summed E-state index contributed by atoms with van der Waals surface area (Å²) in [7, 11) is 0.277. The molecule has 2 aromatic carbocycles. The van der Waals surface area contributed by atoms with Crippen molar-refractivity contribution in [1.29, 1.82) is 0 Å². The van der Waals surface area contributed by atoms with E-state index in [4.69, 9.17) is 5.73 Å². The molecule has 0 bridgehead atoms. The number of anilines is 1. The summed E-state index contributed by atoms with van der Waals surface area (Å²) in [6.07, 6.45) is 0. The van der Waals surface area contributed by atoms with Crippen molar-refractivity contribution in [3.63, 3.8) is 0 Å². The number of likely N-dealkylation sites (N-methyl/N-ethyl adjacent to an activating group) is 1. The molecule has 2 rings (SSSR count). The second-order valence-corrected chi connectivity index (χ2v) is 7.51. The largest absolute Gasteiger partial charge is 0.399 e. The zero-order chi connectivity index (χ0) is 17.0. The summed E-state index contributed by atoms with van der Waals surface area (Å²) in [6.45, 7) is 1.87. The van der Waals surface area contributed by atoms with Crippen LogP contribution in [-0.4, -0.2) is 33.5 Å². The molecule has 124 valence electrons. The molecule has 0 aliphatic rings. The number of sulfonamides is 1. The third-order valence-electron chi connectivity index (χ3n) is 3.70. The minimum atomic E-state index is -3.60. The van der Waals surface area contributed by atoms with Crippen molar-refractivity contribution in [2.24, 2.45) is 0 Å². The van der Waals surface area contributed by atoms with Crippen LogP contribution in [0, 0.1) is 0 Å². The number of hydrogen-bond donors (Lipinski definition) is 2. The number of nitrogens with one attached hydrogen (secondary N) is 1. The van der Waals surface area contributed by atoms with Gasteiger partial charge in [0.15, 0.2) is 0 Å². The topological polar surface area (TPSA) is 75.4 Å². The van der Waals surface area contributed by atoms with Crippen LogP contribution in [0.25, 0.3) is 0 Å². The SMILES string of the molecule is C[C@@H](NS(=O)(=O)c1ccc(N)cc1)[C@H](c1ccccc1)N(C)C. The third kappa shape index (κ3) is 4.31. The smallest absolute Gasteiger partial charge is 0.240 e. The van der Waals surface area contributed by atoms with Crippen LogP contribution in [0.4, 0.5) is 5.69 Å². The van der Waals surface area contributed by atoms with E-state index >= 15 is 0 Å². The molecule has 0 saturated carbocycles. The van der Waals surface area contributed by atoms with E-state index in [0.29, 0.717) is 5.69 Å². The Labute approximate surface area is 138 Å². The van der Waals surface area contributed by atoms with Gasteiger partial charge >= 0.3 is 0 Å². The van der Waals surface area contributed by atoms with Crippen LogP contribution < -0.4 is 10.5 Å². The van der Waals surface area contributed by atoms with Gasteiger partial charge in [-0.05, 0) is 50.8 Å². The summed E-state index contributed by atoms with van der Waals surface area (Å²) in [5, 5.41) is 0. The first-order valence-corrected chi connectivity index (χ1v) is 8.89. The van der Waals surface area contributed by atoms with E-state index in [1.807, 2.05) is 56.3 Å². The van der Waals surface area contributed by atoms with Gasteiger partial charge in [-0.15, -0.1) is 0 Å². The van der Waals surface area contributed by atoms with Crippen LogP contribution in [-0.2, 0) is 10.0 Å². The highest BCUT2D eigenvalue weighted by molar-refractivity contribution is 7.89. The van der Waals surface area contributed by atoms with Gasteiger partial charge in [0, 0.05) is 11.7 Å². The molecule has 2 atom stereocenters. The summed E-state index contributed by atoms with van der Waals surface area (Å²) in [5.74, 6) is 0. The third-order valence-corrected chi connectivity index (χ3v) is 5.28. The van der Waals surface area contributed by atoms with Gasteiger partial charge in [-0.1, -0.05) is 30.3 Å². The first-order valence-electron chi connectivity index (χ1n) is 7.40. The van der Waals surface area contributed by atoms with Crippen LogP contribution >= 0.6 is 0 Å². The Hall–Kier alpha value is -1.89. The van der Waals surface area contributed by atoms with Crippen LogP contribution in [0.15, 0.2) is 59.5 Å². The Balaban J connectivity index is 2.24. The van der Waals surface area contributed by atoms with Crippen molar-refractivity contribution in [3.05, 3.63) is 60.2 Å². The molecular formula is C17H23N3O2S. The minimum Gasteiger partial charge on any atom is -0.399 e. The monoisotopic (exact) mass is 333 g/mol. The summed E-state index contributed by atoms with van der Waals surface area (Å²) < 4.78 is 27.8. The molecule has 0 aliphatic carbocycles. The van der Waals surface area contributed by atoms with Gasteiger partial charge in [-0.25, -0.2) is 13.1 Å². The van der Waals surface area contributed by atoms with Crippen molar-refractivity contribution in [3.8, 4) is 0 Å². The normalized spacial score (nSPS) is 14.6. The number of nitrogen functional groups attached to an aromatic ring is 1. The first-order chi connectivity index (χ1) is 10.8. The van der Waals surface area contributed by atoms with E-state index < -0.39 is 10.0 Å².